The first kappa shape index (κ1) is 15.8. The zero-order chi connectivity index (χ0) is 15.9. The van der Waals surface area contributed by atoms with Gasteiger partial charge in [0, 0.05) is 0 Å². The SMILES string of the molecule is COC(=O)CC(C(=O)OC)c1ccc(-c2ccccc2)cc1. The summed E-state index contributed by atoms with van der Waals surface area (Å²) in [6.07, 6.45) is -0.0339. The van der Waals surface area contributed by atoms with Crippen LogP contribution in [0.5, 0.6) is 0 Å². The molecule has 4 nitrogen and oxygen atoms in total. The van der Waals surface area contributed by atoms with Gasteiger partial charge >= 0.3 is 11.9 Å². The van der Waals surface area contributed by atoms with Crippen molar-refractivity contribution >= 4 is 11.9 Å². The van der Waals surface area contributed by atoms with E-state index in [9.17, 15) is 9.59 Å². The van der Waals surface area contributed by atoms with E-state index in [1.165, 1.54) is 14.2 Å². The minimum absolute atomic E-state index is 0.0339. The van der Waals surface area contributed by atoms with Gasteiger partial charge in [0.1, 0.15) is 0 Å². The molecule has 0 radical (unpaired) electrons. The lowest BCUT2D eigenvalue weighted by Gasteiger charge is -2.14. The molecular formula is C18H18O4. The Bertz CT molecular complexity index is 632. The van der Waals surface area contributed by atoms with Crippen LogP contribution in [0.15, 0.2) is 54.6 Å². The van der Waals surface area contributed by atoms with Gasteiger partial charge in [-0.25, -0.2) is 0 Å². The molecule has 0 amide bonds. The Hall–Kier alpha value is -2.62. The third-order valence-electron chi connectivity index (χ3n) is 3.50. The average Bonchev–Trinajstić information content (AvgIpc) is 2.59. The van der Waals surface area contributed by atoms with Crippen LogP contribution in [0.1, 0.15) is 17.9 Å². The quantitative estimate of drug-likeness (QED) is 0.796. The number of esters is 2. The Kier molecular flexibility index (Phi) is 5.31. The van der Waals surface area contributed by atoms with Gasteiger partial charge in [-0.05, 0) is 16.7 Å². The third kappa shape index (κ3) is 3.73. The summed E-state index contributed by atoms with van der Waals surface area (Å²) in [5.74, 6) is -1.54. The minimum atomic E-state index is -0.651. The van der Waals surface area contributed by atoms with E-state index in [1.807, 2.05) is 54.6 Å². The number of hydrogen-bond acceptors (Lipinski definition) is 4. The predicted octanol–water partition coefficient (Wildman–Crippen LogP) is 3.17. The van der Waals surface area contributed by atoms with Crippen LogP contribution in [0.4, 0.5) is 0 Å². The van der Waals surface area contributed by atoms with Crippen molar-refractivity contribution in [2.24, 2.45) is 0 Å². The summed E-state index contributed by atoms with van der Waals surface area (Å²) in [5.41, 5.74) is 2.87. The molecule has 0 saturated heterocycles. The third-order valence-corrected chi connectivity index (χ3v) is 3.50. The number of carbonyl (C=O) groups excluding carboxylic acids is 2. The molecule has 22 heavy (non-hydrogen) atoms. The first-order chi connectivity index (χ1) is 10.7. The van der Waals surface area contributed by atoms with Crippen LogP contribution in [0.3, 0.4) is 0 Å². The van der Waals surface area contributed by atoms with Gasteiger partial charge in [-0.2, -0.15) is 0 Å². The second-order valence-electron chi connectivity index (χ2n) is 4.84. The van der Waals surface area contributed by atoms with Gasteiger partial charge < -0.3 is 9.47 Å². The van der Waals surface area contributed by atoms with E-state index in [1.54, 1.807) is 0 Å². The smallest absolute Gasteiger partial charge is 0.313 e. The lowest BCUT2D eigenvalue weighted by Crippen LogP contribution is -2.18. The Labute approximate surface area is 129 Å². The largest absolute Gasteiger partial charge is 0.469 e. The highest BCUT2D eigenvalue weighted by Crippen LogP contribution is 2.25. The summed E-state index contributed by atoms with van der Waals surface area (Å²) < 4.78 is 9.42. The number of ether oxygens (including phenoxy) is 2. The van der Waals surface area contributed by atoms with E-state index in [0.717, 1.165) is 16.7 Å². The van der Waals surface area contributed by atoms with Crippen LogP contribution in [0.2, 0.25) is 0 Å². The molecule has 4 heteroatoms. The molecular weight excluding hydrogens is 280 g/mol. The predicted molar refractivity (Wildman–Crippen MR) is 83.3 cm³/mol. The molecule has 2 aromatic rings. The maximum atomic E-state index is 11.9. The lowest BCUT2D eigenvalue weighted by atomic mass is 9.93. The van der Waals surface area contributed by atoms with Crippen molar-refractivity contribution in [1.29, 1.82) is 0 Å². The molecule has 0 aliphatic rings. The molecule has 0 aromatic heterocycles. The van der Waals surface area contributed by atoms with Crippen molar-refractivity contribution in [3.63, 3.8) is 0 Å². The second-order valence-corrected chi connectivity index (χ2v) is 4.84. The first-order valence-corrected chi connectivity index (χ1v) is 6.95. The fourth-order valence-electron chi connectivity index (χ4n) is 2.27. The maximum absolute atomic E-state index is 11.9. The number of carbonyl (C=O) groups is 2. The van der Waals surface area contributed by atoms with E-state index in [0.29, 0.717) is 0 Å². The highest BCUT2D eigenvalue weighted by Gasteiger charge is 2.25. The van der Waals surface area contributed by atoms with E-state index in [-0.39, 0.29) is 6.42 Å². The van der Waals surface area contributed by atoms with E-state index >= 15 is 0 Å². The molecule has 0 fully saturated rings. The van der Waals surface area contributed by atoms with Gasteiger partial charge in [0.2, 0.25) is 0 Å². The number of methoxy groups -OCH3 is 2. The standard InChI is InChI=1S/C18H18O4/c1-21-17(19)12-16(18(20)22-2)15-10-8-14(9-11-15)13-6-4-3-5-7-13/h3-11,16H,12H2,1-2H3. The van der Waals surface area contributed by atoms with Gasteiger partial charge in [0.25, 0.3) is 0 Å². The van der Waals surface area contributed by atoms with E-state index in [2.05, 4.69) is 4.74 Å². The molecule has 0 spiro atoms. The maximum Gasteiger partial charge on any atom is 0.313 e. The van der Waals surface area contributed by atoms with Crippen LogP contribution >= 0.6 is 0 Å². The van der Waals surface area contributed by atoms with Crippen molar-refractivity contribution in [2.45, 2.75) is 12.3 Å². The summed E-state index contributed by atoms with van der Waals surface area (Å²) >= 11 is 0. The number of rotatable bonds is 5. The van der Waals surface area contributed by atoms with Crippen molar-refractivity contribution < 1.29 is 19.1 Å². The molecule has 114 valence electrons. The fraction of sp³-hybridized carbons (Fsp3) is 0.222. The highest BCUT2D eigenvalue weighted by atomic mass is 16.5. The van der Waals surface area contributed by atoms with Crippen LogP contribution in [-0.4, -0.2) is 26.2 Å². The summed E-state index contributed by atoms with van der Waals surface area (Å²) in [6, 6.07) is 17.5. The summed E-state index contributed by atoms with van der Waals surface area (Å²) in [7, 11) is 2.61. The van der Waals surface area contributed by atoms with Gasteiger partial charge in [-0.15, -0.1) is 0 Å². The normalized spacial score (nSPS) is 11.5. The molecule has 0 saturated carbocycles. The molecule has 1 unspecified atom stereocenters. The molecule has 0 N–H and O–H groups in total. The minimum Gasteiger partial charge on any atom is -0.469 e. The first-order valence-electron chi connectivity index (χ1n) is 6.95. The summed E-state index contributed by atoms with van der Waals surface area (Å²) in [4.78, 5) is 23.4. The van der Waals surface area contributed by atoms with Gasteiger partial charge in [-0.1, -0.05) is 54.6 Å². The zero-order valence-corrected chi connectivity index (χ0v) is 12.6. The van der Waals surface area contributed by atoms with Crippen LogP contribution in [-0.2, 0) is 19.1 Å². The Morgan fingerprint density at radius 1 is 0.864 bits per heavy atom. The van der Waals surface area contributed by atoms with Crippen LogP contribution < -0.4 is 0 Å². The Balaban J connectivity index is 2.25. The highest BCUT2D eigenvalue weighted by molar-refractivity contribution is 5.84. The monoisotopic (exact) mass is 298 g/mol. The molecule has 0 heterocycles. The number of hydrogen-bond donors (Lipinski definition) is 0. The molecule has 0 aliphatic heterocycles. The zero-order valence-electron chi connectivity index (χ0n) is 12.6. The Morgan fingerprint density at radius 3 is 2.00 bits per heavy atom. The van der Waals surface area contributed by atoms with Crippen molar-refractivity contribution in [1.82, 2.24) is 0 Å². The van der Waals surface area contributed by atoms with Crippen molar-refractivity contribution in [2.75, 3.05) is 14.2 Å². The number of benzene rings is 2. The molecule has 2 rings (SSSR count). The molecule has 0 bridgehead atoms. The van der Waals surface area contributed by atoms with Gasteiger partial charge in [0.05, 0.1) is 26.6 Å². The average molecular weight is 298 g/mol. The molecule has 2 aromatic carbocycles. The van der Waals surface area contributed by atoms with Crippen molar-refractivity contribution in [3.8, 4) is 11.1 Å². The van der Waals surface area contributed by atoms with Gasteiger partial charge in [-0.3, -0.25) is 9.59 Å². The second kappa shape index (κ2) is 7.41. The Morgan fingerprint density at radius 2 is 1.45 bits per heavy atom. The summed E-state index contributed by atoms with van der Waals surface area (Å²) in [6.45, 7) is 0. The van der Waals surface area contributed by atoms with E-state index < -0.39 is 17.9 Å². The fourth-order valence-corrected chi connectivity index (χ4v) is 2.27. The van der Waals surface area contributed by atoms with Crippen molar-refractivity contribution in [3.05, 3.63) is 60.2 Å². The summed E-state index contributed by atoms with van der Waals surface area (Å²) in [5, 5.41) is 0. The van der Waals surface area contributed by atoms with Crippen LogP contribution in [0.25, 0.3) is 11.1 Å². The lowest BCUT2D eigenvalue weighted by molar-refractivity contribution is -0.149. The van der Waals surface area contributed by atoms with Crippen LogP contribution in [0, 0.1) is 0 Å². The van der Waals surface area contributed by atoms with Gasteiger partial charge in [0.15, 0.2) is 0 Å². The van der Waals surface area contributed by atoms with E-state index in [4.69, 9.17) is 4.74 Å². The molecule has 0 aliphatic carbocycles. The topological polar surface area (TPSA) is 52.6 Å². The molecule has 1 atom stereocenters.